The summed E-state index contributed by atoms with van der Waals surface area (Å²) in [6.07, 6.45) is 0. The van der Waals surface area contributed by atoms with E-state index in [1.807, 2.05) is 0 Å². The second kappa shape index (κ2) is 4.41. The summed E-state index contributed by atoms with van der Waals surface area (Å²) in [6.45, 7) is 0. The molecule has 0 bridgehead atoms. The van der Waals surface area contributed by atoms with Crippen LogP contribution in [0.4, 0.5) is 0 Å². The fourth-order valence-corrected chi connectivity index (χ4v) is 5.67. The van der Waals surface area contributed by atoms with Gasteiger partial charge in [-0.15, -0.1) is 0 Å². The molecule has 0 fully saturated rings. The van der Waals surface area contributed by atoms with Gasteiger partial charge in [-0.25, -0.2) is 0 Å². The second-order valence-electron chi connectivity index (χ2n) is 2.22. The van der Waals surface area contributed by atoms with Crippen LogP contribution in [0.2, 0.25) is 0 Å². The van der Waals surface area contributed by atoms with Gasteiger partial charge in [0.1, 0.15) is 0 Å². The molecule has 0 unspecified atom stereocenters. The summed E-state index contributed by atoms with van der Waals surface area (Å²) in [5, 5.41) is 2.97. The van der Waals surface area contributed by atoms with E-state index in [0.29, 0.717) is 0 Å². The summed E-state index contributed by atoms with van der Waals surface area (Å²) in [5.74, 6) is 4.39. The van der Waals surface area contributed by atoms with Crippen molar-refractivity contribution >= 4 is 31.5 Å². The first-order valence-electron chi connectivity index (χ1n) is 3.52. The fourth-order valence-electron chi connectivity index (χ4n) is 0.876. The van der Waals surface area contributed by atoms with Crippen molar-refractivity contribution in [2.75, 3.05) is 0 Å². The molecule has 0 aliphatic heterocycles. The highest BCUT2D eigenvalue weighted by atomic mass is 31.8. The van der Waals surface area contributed by atoms with Crippen molar-refractivity contribution in [1.82, 2.24) is 0 Å². The molecule has 12 heavy (non-hydrogen) atoms. The van der Waals surface area contributed by atoms with E-state index in [-0.39, 0.29) is 0 Å². The van der Waals surface area contributed by atoms with E-state index in [9.17, 15) is 0 Å². The lowest BCUT2D eigenvalue weighted by molar-refractivity contribution is 1.88. The first kappa shape index (κ1) is 8.74. The molecule has 2 aromatic heterocycles. The third-order valence-corrected chi connectivity index (χ3v) is 6.42. The maximum Gasteiger partial charge on any atom is 0.0185 e. The molecule has 4 heteroatoms. The summed E-state index contributed by atoms with van der Waals surface area (Å²) >= 11 is 0. The summed E-state index contributed by atoms with van der Waals surface area (Å²) in [6, 6.07) is 8.76. The Kier molecular flexibility index (Phi) is 3.21. The Labute approximate surface area is 78.3 Å². The van der Waals surface area contributed by atoms with Crippen LogP contribution in [0.5, 0.6) is 0 Å². The van der Waals surface area contributed by atoms with Crippen LogP contribution in [-0.2, 0) is 0 Å². The van der Waals surface area contributed by atoms with E-state index in [4.69, 9.17) is 0 Å². The average Bonchev–Trinajstić information content (AvgIpc) is 2.21. The van der Waals surface area contributed by atoms with Crippen LogP contribution >= 0.6 is 31.5 Å². The molecule has 0 radical (unpaired) electrons. The quantitative estimate of drug-likeness (QED) is 0.587. The zero-order valence-electron chi connectivity index (χ0n) is 6.25. The summed E-state index contributed by atoms with van der Waals surface area (Å²) in [5.41, 5.74) is 0. The maximum atomic E-state index is 2.23. The van der Waals surface area contributed by atoms with Gasteiger partial charge in [0, 0.05) is 10.6 Å². The SMILES string of the molecule is c1cppc(-c2cccpp2)c1. The van der Waals surface area contributed by atoms with Crippen molar-refractivity contribution in [1.29, 1.82) is 0 Å². The van der Waals surface area contributed by atoms with E-state index < -0.39 is 0 Å². The molecule has 58 valence electrons. The third kappa shape index (κ3) is 2.10. The van der Waals surface area contributed by atoms with Crippen LogP contribution in [-0.4, -0.2) is 0 Å². The minimum absolute atomic E-state index is 1.40. The number of hydrogen-bond donors (Lipinski definition) is 0. The van der Waals surface area contributed by atoms with Crippen molar-refractivity contribution in [3.63, 3.8) is 0 Å². The zero-order chi connectivity index (χ0) is 8.23. The predicted octanol–water partition coefficient (Wildman–Crippen LogP) is 5.67. The highest BCUT2D eigenvalue weighted by molar-refractivity contribution is 7.93. The van der Waals surface area contributed by atoms with Gasteiger partial charge in [-0.05, 0) is 55.2 Å². The van der Waals surface area contributed by atoms with Crippen LogP contribution in [0.25, 0.3) is 10.6 Å². The summed E-state index contributed by atoms with van der Waals surface area (Å²) < 4.78 is 0. The normalized spacial score (nSPS) is 12.3. The molecular formula is C8H6P4. The van der Waals surface area contributed by atoms with Gasteiger partial charge in [-0.1, -0.05) is 12.1 Å². The van der Waals surface area contributed by atoms with Crippen LogP contribution in [0, 0.1) is 0 Å². The van der Waals surface area contributed by atoms with Gasteiger partial charge in [0.15, 0.2) is 0 Å². The number of hydrogen-bond acceptors (Lipinski definition) is 0. The monoisotopic (exact) mass is 226 g/mol. The van der Waals surface area contributed by atoms with E-state index in [1.165, 1.54) is 42.1 Å². The van der Waals surface area contributed by atoms with Gasteiger partial charge in [-0.2, -0.15) is 0 Å². The van der Waals surface area contributed by atoms with Crippen LogP contribution in [0.3, 0.4) is 0 Å². The molecule has 0 atom stereocenters. The Morgan fingerprint density at radius 2 is 1.25 bits per heavy atom. The Morgan fingerprint density at radius 3 is 1.58 bits per heavy atom. The van der Waals surface area contributed by atoms with Gasteiger partial charge in [0.2, 0.25) is 0 Å². The van der Waals surface area contributed by atoms with Crippen LogP contribution < -0.4 is 0 Å². The second-order valence-corrected chi connectivity index (χ2v) is 7.23. The maximum absolute atomic E-state index is 2.23. The molecule has 0 aliphatic carbocycles. The molecule has 2 heterocycles. The van der Waals surface area contributed by atoms with Gasteiger partial charge < -0.3 is 0 Å². The van der Waals surface area contributed by atoms with Crippen molar-refractivity contribution in [2.45, 2.75) is 0 Å². The molecule has 0 N–H and O–H groups in total. The Hall–Kier alpha value is 0.160. The van der Waals surface area contributed by atoms with E-state index >= 15 is 0 Å². The molecule has 0 saturated carbocycles. The lowest BCUT2D eigenvalue weighted by atomic mass is 10.4. The van der Waals surface area contributed by atoms with Crippen molar-refractivity contribution in [2.24, 2.45) is 0 Å². The molecule has 2 rings (SSSR count). The highest BCUT2D eigenvalue weighted by Crippen LogP contribution is 2.40. The largest absolute Gasteiger partial charge is 0.0564 e. The topological polar surface area (TPSA) is 0 Å². The van der Waals surface area contributed by atoms with Crippen LogP contribution in [0.15, 0.2) is 35.9 Å². The van der Waals surface area contributed by atoms with Crippen LogP contribution in [0.1, 0.15) is 0 Å². The van der Waals surface area contributed by atoms with Gasteiger partial charge in [0.25, 0.3) is 0 Å². The third-order valence-electron chi connectivity index (χ3n) is 1.41. The fraction of sp³-hybridized carbons (Fsp3) is 0. The minimum Gasteiger partial charge on any atom is -0.0564 e. The first-order valence-corrected chi connectivity index (χ1v) is 8.65. The smallest absolute Gasteiger partial charge is 0.0185 e. The molecule has 0 nitrogen and oxygen atoms in total. The molecule has 2 aromatic rings. The molecule has 0 spiro atoms. The Morgan fingerprint density at radius 1 is 0.750 bits per heavy atom. The summed E-state index contributed by atoms with van der Waals surface area (Å²) in [7, 11) is 5.66. The zero-order valence-corrected chi connectivity index (χ0v) is 9.83. The van der Waals surface area contributed by atoms with Gasteiger partial charge in [0.05, 0.1) is 0 Å². The summed E-state index contributed by atoms with van der Waals surface area (Å²) in [4.78, 5) is 0. The van der Waals surface area contributed by atoms with Crippen molar-refractivity contribution in [3.05, 3.63) is 35.9 Å². The minimum atomic E-state index is 1.40. The van der Waals surface area contributed by atoms with E-state index in [2.05, 4.69) is 35.9 Å². The lowest BCUT2D eigenvalue weighted by Crippen LogP contribution is -1.61. The average molecular weight is 226 g/mol. The van der Waals surface area contributed by atoms with E-state index in [1.54, 1.807) is 0 Å². The Balaban J connectivity index is 2.46. The van der Waals surface area contributed by atoms with Gasteiger partial charge in [-0.3, -0.25) is 0 Å². The standard InChI is InChI=1S/C8H6P4/c1-3-7(11-9-5-1)8-4-2-6-10-12-8/h1-6H. The molecule has 0 saturated heterocycles. The van der Waals surface area contributed by atoms with E-state index in [0.717, 1.165) is 0 Å². The highest BCUT2D eigenvalue weighted by Gasteiger charge is 1.94. The molecule has 0 amide bonds. The first-order chi connectivity index (χ1) is 5.97. The lowest BCUT2D eigenvalue weighted by Gasteiger charge is -1.96. The molecule has 0 aliphatic rings. The Bertz CT molecular complexity index is 308. The van der Waals surface area contributed by atoms with Crippen molar-refractivity contribution in [3.8, 4) is 10.6 Å². The molecular weight excluding hydrogens is 220 g/mol. The predicted molar refractivity (Wildman–Crippen MR) is 61.9 cm³/mol. The molecule has 0 aromatic carbocycles. The number of rotatable bonds is 1. The van der Waals surface area contributed by atoms with Crippen molar-refractivity contribution < 1.29 is 0 Å². The van der Waals surface area contributed by atoms with Gasteiger partial charge >= 0.3 is 0 Å².